The minimum atomic E-state index is -0.635. The van der Waals surface area contributed by atoms with Crippen molar-refractivity contribution >= 4 is 22.4 Å². The molecule has 1 N–H and O–H groups in total. The first kappa shape index (κ1) is 12.7. The number of fused-ring (bicyclic) bond motifs is 4. The van der Waals surface area contributed by atoms with E-state index in [9.17, 15) is 4.79 Å². The summed E-state index contributed by atoms with van der Waals surface area (Å²) in [7, 11) is 0. The fraction of sp³-hybridized carbons (Fsp3) is 0.438. The Hall–Kier alpha value is -2.01. The van der Waals surface area contributed by atoms with Crippen molar-refractivity contribution in [3.8, 4) is 0 Å². The number of rotatable bonds is 2. The number of pyridine rings is 2. The van der Waals surface area contributed by atoms with Crippen LogP contribution < -0.4 is 5.32 Å². The summed E-state index contributed by atoms with van der Waals surface area (Å²) in [4.78, 5) is 21.0. The van der Waals surface area contributed by atoms with Crippen LogP contribution in [0.15, 0.2) is 30.9 Å². The lowest BCUT2D eigenvalue weighted by Crippen LogP contribution is -2.53. The molecule has 5 heteroatoms. The van der Waals surface area contributed by atoms with Gasteiger partial charge in [-0.15, -0.1) is 0 Å². The van der Waals surface area contributed by atoms with E-state index in [1.807, 2.05) is 6.07 Å². The maximum Gasteiger partial charge on any atom is 0.256 e. The van der Waals surface area contributed by atoms with Crippen LogP contribution in [0.2, 0.25) is 0 Å². The van der Waals surface area contributed by atoms with Gasteiger partial charge in [0.1, 0.15) is 5.60 Å². The number of hydrogen-bond acceptors (Lipinski definition) is 4. The van der Waals surface area contributed by atoms with Crippen LogP contribution in [0.25, 0.3) is 10.8 Å². The van der Waals surface area contributed by atoms with Gasteiger partial charge in [0, 0.05) is 29.4 Å². The molecule has 0 spiro atoms. The highest BCUT2D eigenvalue weighted by molar-refractivity contribution is 6.04. The molecule has 1 aliphatic carbocycles. The van der Waals surface area contributed by atoms with Crippen molar-refractivity contribution in [3.05, 3.63) is 30.9 Å². The van der Waals surface area contributed by atoms with Gasteiger partial charge >= 0.3 is 0 Å². The molecule has 1 saturated carbocycles. The monoisotopic (exact) mass is 283 g/mol. The Morgan fingerprint density at radius 1 is 1.24 bits per heavy atom. The van der Waals surface area contributed by atoms with E-state index < -0.39 is 5.60 Å². The van der Waals surface area contributed by atoms with E-state index in [-0.39, 0.29) is 5.91 Å². The smallest absolute Gasteiger partial charge is 0.256 e. The Kier molecular flexibility index (Phi) is 2.89. The lowest BCUT2D eigenvalue weighted by molar-refractivity contribution is -0.168. The van der Waals surface area contributed by atoms with Crippen LogP contribution in [0.1, 0.15) is 25.7 Å². The van der Waals surface area contributed by atoms with E-state index in [2.05, 4.69) is 15.3 Å². The summed E-state index contributed by atoms with van der Waals surface area (Å²) >= 11 is 0. The van der Waals surface area contributed by atoms with E-state index in [4.69, 9.17) is 4.74 Å². The summed E-state index contributed by atoms with van der Waals surface area (Å²) in [6.45, 7) is 0.713. The lowest BCUT2D eigenvalue weighted by atomic mass is 9.75. The molecule has 0 atom stereocenters. The van der Waals surface area contributed by atoms with Crippen molar-refractivity contribution in [2.24, 2.45) is 5.92 Å². The highest BCUT2D eigenvalue weighted by Crippen LogP contribution is 2.41. The van der Waals surface area contributed by atoms with Gasteiger partial charge in [-0.3, -0.25) is 14.8 Å². The Labute approximate surface area is 122 Å². The highest BCUT2D eigenvalue weighted by atomic mass is 16.5. The van der Waals surface area contributed by atoms with Gasteiger partial charge < -0.3 is 10.1 Å². The standard InChI is InChI=1S/C16H17N3O2/c20-15(16-4-1-11(2-5-16)10-21-16)19-14-9-18-8-12-7-17-6-3-13(12)14/h3,6-9,11H,1-2,4-5,10H2,(H,19,20). The van der Waals surface area contributed by atoms with E-state index in [1.165, 1.54) is 0 Å². The minimum absolute atomic E-state index is 0.0354. The maximum absolute atomic E-state index is 12.7. The number of nitrogens with one attached hydrogen (secondary N) is 1. The third-order valence-electron chi connectivity index (χ3n) is 4.73. The van der Waals surface area contributed by atoms with Crippen molar-refractivity contribution in [1.82, 2.24) is 9.97 Å². The first-order valence-corrected chi connectivity index (χ1v) is 7.40. The van der Waals surface area contributed by atoms with Crippen LogP contribution in [0.3, 0.4) is 0 Å². The van der Waals surface area contributed by atoms with Gasteiger partial charge in [0.05, 0.1) is 18.5 Å². The molecule has 3 aliphatic rings. The number of anilines is 1. The lowest BCUT2D eigenvalue weighted by Gasteiger charge is -2.44. The molecule has 0 aromatic carbocycles. The fourth-order valence-corrected chi connectivity index (χ4v) is 3.38. The molecule has 5 nitrogen and oxygen atoms in total. The molecule has 5 rings (SSSR count). The van der Waals surface area contributed by atoms with Gasteiger partial charge in [-0.05, 0) is 37.7 Å². The van der Waals surface area contributed by atoms with Crippen molar-refractivity contribution in [2.45, 2.75) is 31.3 Å². The van der Waals surface area contributed by atoms with Gasteiger partial charge in [-0.1, -0.05) is 0 Å². The molecule has 108 valence electrons. The zero-order valence-electron chi connectivity index (χ0n) is 11.7. The Bertz CT molecular complexity index is 674. The third-order valence-corrected chi connectivity index (χ3v) is 4.73. The van der Waals surface area contributed by atoms with E-state index >= 15 is 0 Å². The number of amides is 1. The molecular weight excluding hydrogens is 266 g/mol. The normalized spacial score (nSPS) is 27.7. The van der Waals surface area contributed by atoms with Crippen LogP contribution >= 0.6 is 0 Å². The quantitative estimate of drug-likeness (QED) is 0.920. The summed E-state index contributed by atoms with van der Waals surface area (Å²) in [5.74, 6) is 0.608. The van der Waals surface area contributed by atoms with Crippen LogP contribution in [-0.4, -0.2) is 28.1 Å². The molecule has 2 bridgehead atoms. The minimum Gasteiger partial charge on any atom is -0.365 e. The molecule has 21 heavy (non-hydrogen) atoms. The molecule has 2 aromatic heterocycles. The molecule has 2 aromatic rings. The predicted molar refractivity (Wildman–Crippen MR) is 78.8 cm³/mol. The topological polar surface area (TPSA) is 64.1 Å². The Balaban J connectivity index is 1.64. The maximum atomic E-state index is 12.7. The van der Waals surface area contributed by atoms with E-state index in [0.717, 1.165) is 42.1 Å². The average molecular weight is 283 g/mol. The number of aromatic nitrogens is 2. The van der Waals surface area contributed by atoms with E-state index in [0.29, 0.717) is 12.5 Å². The Morgan fingerprint density at radius 2 is 2.05 bits per heavy atom. The highest BCUT2D eigenvalue weighted by Gasteiger charge is 2.47. The molecule has 0 unspecified atom stereocenters. The molecule has 0 radical (unpaired) electrons. The van der Waals surface area contributed by atoms with Crippen LogP contribution in [0.5, 0.6) is 0 Å². The Morgan fingerprint density at radius 3 is 2.81 bits per heavy atom. The summed E-state index contributed by atoms with van der Waals surface area (Å²) in [5.41, 5.74) is 0.0924. The number of carbonyl (C=O) groups excluding carboxylic acids is 1. The van der Waals surface area contributed by atoms with Crippen molar-refractivity contribution in [2.75, 3.05) is 11.9 Å². The first-order valence-electron chi connectivity index (χ1n) is 7.40. The number of hydrogen-bond donors (Lipinski definition) is 1. The molecular formula is C16H17N3O2. The van der Waals surface area contributed by atoms with Crippen molar-refractivity contribution in [3.63, 3.8) is 0 Å². The molecule has 2 aliphatic heterocycles. The number of carbonyl (C=O) groups is 1. The second-order valence-corrected chi connectivity index (χ2v) is 5.99. The number of ether oxygens (including phenoxy) is 1. The first-order chi connectivity index (χ1) is 10.3. The van der Waals surface area contributed by atoms with Gasteiger partial charge in [0.15, 0.2) is 0 Å². The molecule has 1 amide bonds. The van der Waals surface area contributed by atoms with Crippen LogP contribution in [0, 0.1) is 5.92 Å². The zero-order valence-corrected chi connectivity index (χ0v) is 11.7. The summed E-state index contributed by atoms with van der Waals surface area (Å²) in [6.07, 6.45) is 10.7. The van der Waals surface area contributed by atoms with Gasteiger partial charge in [0.25, 0.3) is 5.91 Å². The molecule has 3 fully saturated rings. The second-order valence-electron chi connectivity index (χ2n) is 5.99. The van der Waals surface area contributed by atoms with E-state index in [1.54, 1.807) is 24.8 Å². The SMILES string of the molecule is O=C(Nc1cncc2cnccc12)C12CCC(CC1)CO2. The van der Waals surface area contributed by atoms with Crippen LogP contribution in [-0.2, 0) is 9.53 Å². The summed E-state index contributed by atoms with van der Waals surface area (Å²) in [5, 5.41) is 4.89. The van der Waals surface area contributed by atoms with Crippen molar-refractivity contribution in [1.29, 1.82) is 0 Å². The number of nitrogens with zero attached hydrogens (tertiary/aromatic N) is 2. The summed E-state index contributed by atoms with van der Waals surface area (Å²) in [6, 6.07) is 1.89. The third kappa shape index (κ3) is 2.08. The van der Waals surface area contributed by atoms with Crippen molar-refractivity contribution < 1.29 is 9.53 Å². The van der Waals surface area contributed by atoms with Gasteiger partial charge in [0.2, 0.25) is 0 Å². The largest absolute Gasteiger partial charge is 0.365 e. The zero-order chi connectivity index (χ0) is 14.3. The van der Waals surface area contributed by atoms with Crippen LogP contribution in [0.4, 0.5) is 5.69 Å². The summed E-state index contributed by atoms with van der Waals surface area (Å²) < 4.78 is 5.87. The van der Waals surface area contributed by atoms with Gasteiger partial charge in [-0.2, -0.15) is 0 Å². The molecule has 2 saturated heterocycles. The molecule has 4 heterocycles. The second kappa shape index (κ2) is 4.77. The van der Waals surface area contributed by atoms with Gasteiger partial charge in [-0.25, -0.2) is 0 Å². The average Bonchev–Trinajstić information content (AvgIpc) is 2.57. The fourth-order valence-electron chi connectivity index (χ4n) is 3.38. The predicted octanol–water partition coefficient (Wildman–Crippen LogP) is 2.53.